The summed E-state index contributed by atoms with van der Waals surface area (Å²) in [4.78, 5) is 12.0. The summed E-state index contributed by atoms with van der Waals surface area (Å²) in [5.41, 5.74) is 2.82. The highest BCUT2D eigenvalue weighted by Gasteiger charge is 2.12. The number of nitrogens with zero attached hydrogens (tertiary/aromatic N) is 1. The number of carbonyl (C=O) groups is 1. The van der Waals surface area contributed by atoms with Crippen molar-refractivity contribution < 1.29 is 13.9 Å². The summed E-state index contributed by atoms with van der Waals surface area (Å²) in [6.07, 6.45) is 1.23. The fourth-order valence-corrected chi connectivity index (χ4v) is 1.83. The van der Waals surface area contributed by atoms with E-state index in [0.29, 0.717) is 10.8 Å². The van der Waals surface area contributed by atoms with Gasteiger partial charge >= 0.3 is 0 Å². The summed E-state index contributed by atoms with van der Waals surface area (Å²) < 4.78 is 18.4. The largest absolute Gasteiger partial charge is 0.496 e. The second kappa shape index (κ2) is 6.85. The topological polar surface area (TPSA) is 50.7 Å². The van der Waals surface area contributed by atoms with Crippen LogP contribution in [-0.2, 0) is 0 Å². The van der Waals surface area contributed by atoms with Crippen molar-refractivity contribution >= 4 is 23.7 Å². The summed E-state index contributed by atoms with van der Waals surface area (Å²) in [5.74, 6) is -0.546. The van der Waals surface area contributed by atoms with E-state index >= 15 is 0 Å². The second-order valence-corrected chi connectivity index (χ2v) is 4.50. The van der Waals surface area contributed by atoms with Crippen molar-refractivity contribution in [1.82, 2.24) is 5.43 Å². The fraction of sp³-hybridized carbons (Fsp3) is 0.0667. The van der Waals surface area contributed by atoms with Gasteiger partial charge in [-0.25, -0.2) is 9.82 Å². The van der Waals surface area contributed by atoms with Gasteiger partial charge in [-0.3, -0.25) is 4.79 Å². The summed E-state index contributed by atoms with van der Waals surface area (Å²) in [6, 6.07) is 10.8. The molecule has 4 nitrogen and oxygen atoms in total. The standard InChI is InChI=1S/C15H12ClFN2O2/c1-21-14-7-6-11(16)8-12(14)15(20)19-18-9-10-4-2-3-5-13(10)17/h2-9H,1H3,(H,19,20)/b18-9+. The van der Waals surface area contributed by atoms with Crippen molar-refractivity contribution in [3.05, 3.63) is 64.4 Å². The molecular formula is C15H12ClFN2O2. The highest BCUT2D eigenvalue weighted by atomic mass is 35.5. The molecule has 2 aromatic carbocycles. The lowest BCUT2D eigenvalue weighted by molar-refractivity contribution is 0.0952. The number of amides is 1. The van der Waals surface area contributed by atoms with Crippen LogP contribution in [0.25, 0.3) is 0 Å². The summed E-state index contributed by atoms with van der Waals surface area (Å²) in [6.45, 7) is 0. The lowest BCUT2D eigenvalue weighted by atomic mass is 10.2. The van der Waals surface area contributed by atoms with Crippen LogP contribution in [0, 0.1) is 5.82 Å². The molecule has 0 radical (unpaired) electrons. The van der Waals surface area contributed by atoms with Crippen LogP contribution in [0.15, 0.2) is 47.6 Å². The van der Waals surface area contributed by atoms with Gasteiger partial charge in [0.1, 0.15) is 11.6 Å². The minimum atomic E-state index is -0.498. The summed E-state index contributed by atoms with van der Waals surface area (Å²) in [5, 5.41) is 4.12. The van der Waals surface area contributed by atoms with Gasteiger partial charge in [0.2, 0.25) is 0 Å². The minimum absolute atomic E-state index is 0.246. The monoisotopic (exact) mass is 306 g/mol. The second-order valence-electron chi connectivity index (χ2n) is 4.07. The Balaban J connectivity index is 2.12. The maximum absolute atomic E-state index is 13.4. The first-order chi connectivity index (χ1) is 10.1. The van der Waals surface area contributed by atoms with E-state index in [1.54, 1.807) is 30.3 Å². The molecule has 0 saturated carbocycles. The molecule has 2 aromatic rings. The van der Waals surface area contributed by atoms with Gasteiger partial charge in [0.25, 0.3) is 5.91 Å². The fourth-order valence-electron chi connectivity index (χ4n) is 1.66. The number of nitrogens with one attached hydrogen (secondary N) is 1. The number of halogens is 2. The quantitative estimate of drug-likeness (QED) is 0.696. The van der Waals surface area contributed by atoms with E-state index in [1.165, 1.54) is 25.5 Å². The molecule has 0 unspecified atom stereocenters. The molecule has 0 saturated heterocycles. The molecule has 0 heterocycles. The molecule has 108 valence electrons. The average Bonchev–Trinajstić information content (AvgIpc) is 2.49. The first kappa shape index (κ1) is 15.0. The number of benzene rings is 2. The van der Waals surface area contributed by atoms with Crippen LogP contribution in [-0.4, -0.2) is 19.2 Å². The minimum Gasteiger partial charge on any atom is -0.496 e. The normalized spacial score (nSPS) is 10.6. The van der Waals surface area contributed by atoms with E-state index < -0.39 is 11.7 Å². The zero-order valence-corrected chi connectivity index (χ0v) is 11.9. The van der Waals surface area contributed by atoms with Crippen LogP contribution in [0.4, 0.5) is 4.39 Å². The number of ether oxygens (including phenoxy) is 1. The highest BCUT2D eigenvalue weighted by molar-refractivity contribution is 6.31. The molecule has 0 atom stereocenters. The van der Waals surface area contributed by atoms with E-state index in [-0.39, 0.29) is 11.1 Å². The Morgan fingerprint density at radius 2 is 2.10 bits per heavy atom. The number of carbonyl (C=O) groups excluding carboxylic acids is 1. The molecule has 0 bridgehead atoms. The third-order valence-corrected chi connectivity index (χ3v) is 2.92. The maximum Gasteiger partial charge on any atom is 0.275 e. The van der Waals surface area contributed by atoms with Gasteiger partial charge in [-0.1, -0.05) is 29.8 Å². The number of hydrogen-bond acceptors (Lipinski definition) is 3. The van der Waals surface area contributed by atoms with Crippen LogP contribution in [0.3, 0.4) is 0 Å². The Labute approximate surface area is 126 Å². The average molecular weight is 307 g/mol. The molecule has 2 rings (SSSR count). The number of hydrazone groups is 1. The van der Waals surface area contributed by atoms with Crippen molar-refractivity contribution in [3.63, 3.8) is 0 Å². The van der Waals surface area contributed by atoms with Crippen LogP contribution in [0.2, 0.25) is 5.02 Å². The van der Waals surface area contributed by atoms with Gasteiger partial charge in [-0.05, 0) is 24.3 Å². The van der Waals surface area contributed by atoms with Crippen molar-refractivity contribution in [2.24, 2.45) is 5.10 Å². The first-order valence-electron chi connectivity index (χ1n) is 6.03. The van der Waals surface area contributed by atoms with E-state index in [2.05, 4.69) is 10.5 Å². The Morgan fingerprint density at radius 1 is 1.33 bits per heavy atom. The molecule has 6 heteroatoms. The van der Waals surface area contributed by atoms with Gasteiger partial charge < -0.3 is 4.74 Å². The Morgan fingerprint density at radius 3 is 2.81 bits per heavy atom. The van der Waals surface area contributed by atoms with Crippen LogP contribution in [0.1, 0.15) is 15.9 Å². The number of methoxy groups -OCH3 is 1. The summed E-state index contributed by atoms with van der Waals surface area (Å²) in [7, 11) is 1.45. The van der Waals surface area contributed by atoms with Crippen LogP contribution in [0.5, 0.6) is 5.75 Å². The molecule has 1 amide bonds. The lowest BCUT2D eigenvalue weighted by Gasteiger charge is -2.07. The molecule has 0 aliphatic heterocycles. The lowest BCUT2D eigenvalue weighted by Crippen LogP contribution is -2.18. The number of hydrogen-bond donors (Lipinski definition) is 1. The van der Waals surface area contributed by atoms with Gasteiger partial charge in [0, 0.05) is 10.6 Å². The van der Waals surface area contributed by atoms with E-state index in [0.717, 1.165) is 0 Å². The molecule has 0 aliphatic carbocycles. The first-order valence-corrected chi connectivity index (χ1v) is 6.41. The molecule has 1 N–H and O–H groups in total. The van der Waals surface area contributed by atoms with Crippen molar-refractivity contribution in [3.8, 4) is 5.75 Å². The number of rotatable bonds is 4. The van der Waals surface area contributed by atoms with Crippen LogP contribution >= 0.6 is 11.6 Å². The predicted octanol–water partition coefficient (Wildman–Crippen LogP) is 3.25. The van der Waals surface area contributed by atoms with E-state index in [9.17, 15) is 9.18 Å². The van der Waals surface area contributed by atoms with Gasteiger partial charge in [0.15, 0.2) is 0 Å². The molecule has 0 fully saturated rings. The highest BCUT2D eigenvalue weighted by Crippen LogP contribution is 2.22. The third-order valence-electron chi connectivity index (χ3n) is 2.68. The Bertz CT molecular complexity index is 689. The van der Waals surface area contributed by atoms with Crippen molar-refractivity contribution in [1.29, 1.82) is 0 Å². The Kier molecular flexibility index (Phi) is 4.90. The van der Waals surface area contributed by atoms with Gasteiger partial charge in [-0.2, -0.15) is 5.10 Å². The Hall–Kier alpha value is -2.40. The molecule has 0 aromatic heterocycles. The van der Waals surface area contributed by atoms with Crippen molar-refractivity contribution in [2.75, 3.05) is 7.11 Å². The van der Waals surface area contributed by atoms with E-state index in [4.69, 9.17) is 16.3 Å². The predicted molar refractivity (Wildman–Crippen MR) is 79.5 cm³/mol. The zero-order chi connectivity index (χ0) is 15.2. The molecule has 0 aliphatic rings. The molecule has 0 spiro atoms. The van der Waals surface area contributed by atoms with Crippen LogP contribution < -0.4 is 10.2 Å². The van der Waals surface area contributed by atoms with Gasteiger partial charge in [0.05, 0.1) is 18.9 Å². The SMILES string of the molecule is COc1ccc(Cl)cc1C(=O)N/N=C/c1ccccc1F. The van der Waals surface area contributed by atoms with Gasteiger partial charge in [-0.15, -0.1) is 0 Å². The maximum atomic E-state index is 13.4. The van der Waals surface area contributed by atoms with Crippen molar-refractivity contribution in [2.45, 2.75) is 0 Å². The van der Waals surface area contributed by atoms with E-state index in [1.807, 2.05) is 0 Å². The smallest absolute Gasteiger partial charge is 0.275 e. The third kappa shape index (κ3) is 3.79. The zero-order valence-electron chi connectivity index (χ0n) is 11.1. The molecule has 21 heavy (non-hydrogen) atoms. The molecular weight excluding hydrogens is 295 g/mol. The summed E-state index contributed by atoms with van der Waals surface area (Å²) >= 11 is 5.85.